The summed E-state index contributed by atoms with van der Waals surface area (Å²) in [6.07, 6.45) is -3.22. The smallest absolute Gasteiger partial charge is 0.303 e. The van der Waals surface area contributed by atoms with Crippen molar-refractivity contribution in [1.82, 2.24) is 24.4 Å². The largest absolute Gasteiger partial charge is 0.433 e. The van der Waals surface area contributed by atoms with Crippen LogP contribution in [0, 0.1) is 12.7 Å². The zero-order chi connectivity index (χ0) is 23.2. The predicted molar refractivity (Wildman–Crippen MR) is 111 cm³/mol. The average molecular weight is 532 g/mol. The van der Waals surface area contributed by atoms with Gasteiger partial charge in [0.15, 0.2) is 17.2 Å². The second kappa shape index (κ2) is 8.17. The molecule has 1 aromatic carbocycles. The van der Waals surface area contributed by atoms with Crippen molar-refractivity contribution in [3.8, 4) is 0 Å². The lowest BCUT2D eigenvalue weighted by atomic mass is 10.2. The van der Waals surface area contributed by atoms with Crippen LogP contribution in [0.3, 0.4) is 0 Å². The molecular formula is C19H12BrClF4N6O. The summed E-state index contributed by atoms with van der Waals surface area (Å²) in [5.41, 5.74) is -1.42. The second-order valence-electron chi connectivity index (χ2n) is 6.75. The monoisotopic (exact) mass is 530 g/mol. The number of hydrogen-bond donors (Lipinski definition) is 1. The summed E-state index contributed by atoms with van der Waals surface area (Å²) in [5.74, 6) is -1.24. The molecule has 3 aromatic heterocycles. The molecule has 4 rings (SSSR count). The maximum Gasteiger partial charge on any atom is 0.433 e. The Morgan fingerprint density at radius 3 is 2.66 bits per heavy atom. The van der Waals surface area contributed by atoms with Crippen molar-refractivity contribution >= 4 is 44.9 Å². The van der Waals surface area contributed by atoms with Gasteiger partial charge in [0.25, 0.3) is 5.91 Å². The summed E-state index contributed by atoms with van der Waals surface area (Å²) < 4.78 is 56.2. The highest BCUT2D eigenvalue weighted by Gasteiger charge is 2.36. The number of carbonyl (C=O) groups excluding carboxylic acids is 1. The van der Waals surface area contributed by atoms with Gasteiger partial charge in [0.1, 0.15) is 16.5 Å². The van der Waals surface area contributed by atoms with Crippen LogP contribution in [0.4, 0.5) is 23.4 Å². The molecule has 1 N–H and O–H groups in total. The summed E-state index contributed by atoms with van der Waals surface area (Å²) in [4.78, 5) is 16.7. The lowest BCUT2D eigenvalue weighted by Gasteiger charge is -2.09. The van der Waals surface area contributed by atoms with Crippen molar-refractivity contribution in [3.63, 3.8) is 0 Å². The van der Waals surface area contributed by atoms with Crippen molar-refractivity contribution in [2.24, 2.45) is 0 Å². The molecule has 0 radical (unpaired) electrons. The normalized spacial score (nSPS) is 11.8. The van der Waals surface area contributed by atoms with Gasteiger partial charge in [0, 0.05) is 17.5 Å². The van der Waals surface area contributed by atoms with Crippen LogP contribution in [0.25, 0.3) is 5.65 Å². The van der Waals surface area contributed by atoms with E-state index in [9.17, 15) is 22.4 Å². The van der Waals surface area contributed by atoms with Gasteiger partial charge in [-0.05, 0) is 35.0 Å². The molecule has 0 unspecified atom stereocenters. The highest BCUT2D eigenvalue weighted by molar-refractivity contribution is 9.10. The third-order valence-corrected chi connectivity index (χ3v) is 5.33. The van der Waals surface area contributed by atoms with E-state index in [2.05, 4.69) is 36.4 Å². The van der Waals surface area contributed by atoms with E-state index in [0.717, 1.165) is 6.07 Å². The van der Waals surface area contributed by atoms with Gasteiger partial charge in [0.05, 0.1) is 11.0 Å². The highest BCUT2D eigenvalue weighted by atomic mass is 79.9. The topological polar surface area (TPSA) is 77.1 Å². The van der Waals surface area contributed by atoms with E-state index in [-0.39, 0.29) is 28.7 Å². The maximum atomic E-state index is 13.9. The van der Waals surface area contributed by atoms with Crippen LogP contribution in [0.15, 0.2) is 41.0 Å². The first-order valence-corrected chi connectivity index (χ1v) is 10.1. The van der Waals surface area contributed by atoms with Crippen LogP contribution in [-0.4, -0.2) is 30.3 Å². The van der Waals surface area contributed by atoms with Gasteiger partial charge in [-0.3, -0.25) is 9.48 Å². The fourth-order valence-electron chi connectivity index (χ4n) is 2.99. The van der Waals surface area contributed by atoms with Gasteiger partial charge in [-0.1, -0.05) is 29.8 Å². The van der Waals surface area contributed by atoms with Gasteiger partial charge in [0.2, 0.25) is 0 Å². The number of anilines is 1. The first-order valence-electron chi connectivity index (χ1n) is 8.95. The van der Waals surface area contributed by atoms with Crippen molar-refractivity contribution < 1.29 is 22.4 Å². The van der Waals surface area contributed by atoms with Gasteiger partial charge >= 0.3 is 6.18 Å². The first kappa shape index (κ1) is 22.2. The molecule has 0 aliphatic carbocycles. The SMILES string of the molecule is Cc1cc(C(F)(F)F)n2nc(C(=O)Nc3nn(Cc4ccccc4F)cc3Br)c(Cl)c2n1. The van der Waals surface area contributed by atoms with Crippen LogP contribution in [0.2, 0.25) is 5.02 Å². The third kappa shape index (κ3) is 4.19. The number of hydrogen-bond acceptors (Lipinski definition) is 4. The molecule has 0 saturated heterocycles. The Bertz CT molecular complexity index is 1350. The standard InChI is InChI=1S/C19H12BrClF4N6O/c1-9-6-13(19(23,24)25)31-17(26-9)14(21)15(28-31)18(32)27-16-11(20)8-30(29-16)7-10-4-2-3-5-12(10)22/h2-6,8H,7H2,1H3,(H,27,29,32). The Labute approximate surface area is 191 Å². The van der Waals surface area contributed by atoms with E-state index >= 15 is 0 Å². The average Bonchev–Trinajstić information content (AvgIpc) is 3.22. The quantitative estimate of drug-likeness (QED) is 0.372. The van der Waals surface area contributed by atoms with Gasteiger partial charge < -0.3 is 5.32 Å². The third-order valence-electron chi connectivity index (χ3n) is 4.41. The summed E-state index contributed by atoms with van der Waals surface area (Å²) >= 11 is 9.37. The van der Waals surface area contributed by atoms with Crippen molar-refractivity contribution in [1.29, 1.82) is 0 Å². The Morgan fingerprint density at radius 1 is 1.25 bits per heavy atom. The van der Waals surface area contributed by atoms with Gasteiger partial charge in [-0.15, -0.1) is 0 Å². The number of rotatable bonds is 4. The molecule has 7 nitrogen and oxygen atoms in total. The summed E-state index contributed by atoms with van der Waals surface area (Å²) in [7, 11) is 0. The fraction of sp³-hybridized carbons (Fsp3) is 0.158. The Balaban J connectivity index is 1.64. The number of fused-ring (bicyclic) bond motifs is 1. The number of benzene rings is 1. The molecule has 166 valence electrons. The van der Waals surface area contributed by atoms with E-state index in [1.807, 2.05) is 0 Å². The fourth-order valence-corrected chi connectivity index (χ4v) is 3.65. The first-order chi connectivity index (χ1) is 15.0. The minimum atomic E-state index is -4.73. The molecule has 0 spiro atoms. The molecule has 1 amide bonds. The minimum absolute atomic E-state index is 0.0552. The van der Waals surface area contributed by atoms with Gasteiger partial charge in [-0.2, -0.15) is 23.4 Å². The van der Waals surface area contributed by atoms with E-state index in [0.29, 0.717) is 14.6 Å². The zero-order valence-corrected chi connectivity index (χ0v) is 18.4. The Hall–Kier alpha value is -2.99. The van der Waals surface area contributed by atoms with E-state index in [1.165, 1.54) is 23.9 Å². The molecule has 0 atom stereocenters. The Morgan fingerprint density at radius 2 is 1.97 bits per heavy atom. The van der Waals surface area contributed by atoms with E-state index < -0.39 is 29.3 Å². The lowest BCUT2D eigenvalue weighted by molar-refractivity contribution is -0.142. The number of halogens is 6. The number of nitrogens with one attached hydrogen (secondary N) is 1. The van der Waals surface area contributed by atoms with Gasteiger partial charge in [-0.25, -0.2) is 13.9 Å². The molecule has 0 saturated carbocycles. The number of aromatic nitrogens is 5. The second-order valence-corrected chi connectivity index (χ2v) is 7.98. The molecule has 0 bridgehead atoms. The molecule has 0 fully saturated rings. The Kier molecular flexibility index (Phi) is 5.67. The number of alkyl halides is 3. The molecule has 13 heteroatoms. The van der Waals surface area contributed by atoms with Crippen molar-refractivity contribution in [2.45, 2.75) is 19.6 Å². The molecule has 4 aromatic rings. The molecular weight excluding hydrogens is 520 g/mol. The predicted octanol–water partition coefficient (Wildman–Crippen LogP) is 5.11. The number of carbonyl (C=O) groups is 1. The molecule has 0 aliphatic rings. The molecule has 0 aliphatic heterocycles. The maximum absolute atomic E-state index is 13.9. The van der Waals surface area contributed by atoms with Crippen LogP contribution in [-0.2, 0) is 12.7 Å². The number of nitrogens with zero attached hydrogens (tertiary/aromatic N) is 5. The molecule has 32 heavy (non-hydrogen) atoms. The summed E-state index contributed by atoms with van der Waals surface area (Å²) in [6.45, 7) is 1.46. The van der Waals surface area contributed by atoms with Crippen molar-refractivity contribution in [3.05, 3.63) is 74.5 Å². The van der Waals surface area contributed by atoms with Crippen LogP contribution in [0.5, 0.6) is 0 Å². The van der Waals surface area contributed by atoms with Crippen LogP contribution >= 0.6 is 27.5 Å². The van der Waals surface area contributed by atoms with E-state index in [4.69, 9.17) is 11.6 Å². The summed E-state index contributed by atoms with van der Waals surface area (Å²) in [5, 5.41) is 9.99. The lowest BCUT2D eigenvalue weighted by Crippen LogP contribution is -2.16. The zero-order valence-electron chi connectivity index (χ0n) is 16.1. The minimum Gasteiger partial charge on any atom is -0.303 e. The van der Waals surface area contributed by atoms with Crippen LogP contribution < -0.4 is 5.32 Å². The summed E-state index contributed by atoms with van der Waals surface area (Å²) in [6, 6.07) is 6.94. The number of aryl methyl sites for hydroxylation is 1. The molecule has 3 heterocycles. The van der Waals surface area contributed by atoms with Crippen molar-refractivity contribution in [2.75, 3.05) is 5.32 Å². The highest BCUT2D eigenvalue weighted by Crippen LogP contribution is 2.32. The number of amides is 1. The van der Waals surface area contributed by atoms with E-state index in [1.54, 1.807) is 18.2 Å². The van der Waals surface area contributed by atoms with Crippen LogP contribution in [0.1, 0.15) is 27.4 Å².